The molecule has 0 N–H and O–H groups in total. The van der Waals surface area contributed by atoms with Crippen molar-refractivity contribution in [1.29, 1.82) is 0 Å². The summed E-state index contributed by atoms with van der Waals surface area (Å²) in [6, 6.07) is 12.2. The zero-order valence-corrected chi connectivity index (χ0v) is 18.4. The summed E-state index contributed by atoms with van der Waals surface area (Å²) in [6.07, 6.45) is 3.56. The Morgan fingerprint density at radius 1 is 0.611 bits per heavy atom. The summed E-state index contributed by atoms with van der Waals surface area (Å²) in [7, 11) is 0. The number of carbonyl (C=O) groups is 2. The number of nitrogens with zero attached hydrogens (tertiary/aromatic N) is 1. The average Bonchev–Trinajstić information content (AvgIpc) is 3.46. The lowest BCUT2D eigenvalue weighted by Crippen LogP contribution is -2.35. The maximum atomic E-state index is 14.5. The topological polar surface area (TPSA) is 37.4 Å². The number of rotatable bonds is 3. The van der Waals surface area contributed by atoms with E-state index in [0.29, 0.717) is 33.7 Å². The van der Waals surface area contributed by atoms with Gasteiger partial charge in [0.2, 0.25) is 11.8 Å². The van der Waals surface area contributed by atoms with Gasteiger partial charge in [-0.05, 0) is 46.5 Å². The fourth-order valence-corrected chi connectivity index (χ4v) is 5.80. The molecule has 1 heterocycles. The van der Waals surface area contributed by atoms with Crippen LogP contribution >= 0.6 is 0 Å². The quantitative estimate of drug-likeness (QED) is 0.263. The average molecular weight is 493 g/mol. The van der Waals surface area contributed by atoms with Gasteiger partial charge in [0.25, 0.3) is 0 Å². The predicted octanol–water partition coefficient (Wildman–Crippen LogP) is 5.81. The zero-order chi connectivity index (χ0) is 25.3. The first-order chi connectivity index (χ1) is 17.3. The normalized spacial score (nSPS) is 24.1. The molecule has 0 radical (unpaired) electrons. The van der Waals surface area contributed by atoms with Gasteiger partial charge in [-0.15, -0.1) is 0 Å². The van der Waals surface area contributed by atoms with Gasteiger partial charge in [-0.3, -0.25) is 9.59 Å². The molecule has 2 aliphatic carbocycles. The van der Waals surface area contributed by atoms with Crippen molar-refractivity contribution < 1.29 is 31.5 Å². The Labute approximate surface area is 202 Å². The Balaban J connectivity index is 1.49. The van der Waals surface area contributed by atoms with Gasteiger partial charge in [0.1, 0.15) is 23.1 Å². The van der Waals surface area contributed by atoms with Crippen molar-refractivity contribution in [2.75, 3.05) is 4.90 Å². The van der Waals surface area contributed by atoms with Crippen LogP contribution in [0, 0.1) is 52.8 Å². The molecule has 180 valence electrons. The largest absolute Gasteiger partial charge is 0.274 e. The van der Waals surface area contributed by atoms with E-state index in [2.05, 4.69) is 0 Å². The number of halogens is 5. The van der Waals surface area contributed by atoms with Crippen LogP contribution in [0.1, 0.15) is 11.1 Å². The summed E-state index contributed by atoms with van der Waals surface area (Å²) < 4.78 is 69.8. The molecule has 3 nitrogen and oxygen atoms in total. The molecule has 2 fully saturated rings. The molecule has 3 aliphatic rings. The summed E-state index contributed by atoms with van der Waals surface area (Å²) in [5, 5.41) is 0. The second-order valence-corrected chi connectivity index (χ2v) is 9.06. The van der Waals surface area contributed by atoms with Gasteiger partial charge in [-0.2, -0.15) is 0 Å². The van der Waals surface area contributed by atoms with Crippen LogP contribution in [0.4, 0.5) is 27.6 Å². The van der Waals surface area contributed by atoms with E-state index in [1.807, 2.05) is 0 Å². The van der Waals surface area contributed by atoms with E-state index in [1.165, 1.54) is 24.3 Å². The highest BCUT2D eigenvalue weighted by molar-refractivity contribution is 6.23. The Bertz CT molecular complexity index is 1390. The fraction of sp³-hybridized carbons (Fsp3) is 0.143. The standard InChI is InChI=1S/C28H16F5NO2/c29-15-5-1-13(2-6-15)22(14-3-7-16(30)8-4-14)23-18-9-10-19(23)25-24(18)27(35)34(28(25)36)26-20(32)11-17(31)12-21(26)33/h1-12,18-19,24-25H/t18-,19+,24-,25-/m1/s1. The molecule has 1 saturated carbocycles. The summed E-state index contributed by atoms with van der Waals surface area (Å²) in [5.74, 6) is -9.27. The van der Waals surface area contributed by atoms with E-state index in [4.69, 9.17) is 0 Å². The maximum absolute atomic E-state index is 14.5. The van der Waals surface area contributed by atoms with Crippen LogP contribution in [0.25, 0.3) is 5.57 Å². The number of anilines is 1. The first kappa shape index (κ1) is 22.4. The van der Waals surface area contributed by atoms with E-state index in [9.17, 15) is 31.5 Å². The Morgan fingerprint density at radius 3 is 1.44 bits per heavy atom. The molecule has 6 rings (SSSR count). The van der Waals surface area contributed by atoms with Gasteiger partial charge >= 0.3 is 0 Å². The molecule has 36 heavy (non-hydrogen) atoms. The minimum absolute atomic E-state index is 0.423. The maximum Gasteiger partial charge on any atom is 0.238 e. The molecular formula is C28H16F5NO2. The SMILES string of the molecule is O=C1[C@H]2[C@H](C(=O)N1c1c(F)cc(F)cc1F)[C@H]1C=C[C@@H]2C1=C(c1ccc(F)cc1)c1ccc(F)cc1. The molecule has 4 atom stereocenters. The lowest BCUT2D eigenvalue weighted by molar-refractivity contribution is -0.123. The minimum Gasteiger partial charge on any atom is -0.274 e. The van der Waals surface area contributed by atoms with E-state index < -0.39 is 70.3 Å². The smallest absolute Gasteiger partial charge is 0.238 e. The summed E-state index contributed by atoms with van der Waals surface area (Å²) in [5.41, 5.74) is 1.71. The first-order valence-electron chi connectivity index (χ1n) is 11.2. The Kier molecular flexibility index (Phi) is 4.96. The van der Waals surface area contributed by atoms with Crippen molar-refractivity contribution in [1.82, 2.24) is 0 Å². The molecular weight excluding hydrogens is 477 g/mol. The van der Waals surface area contributed by atoms with Crippen molar-refractivity contribution in [2.24, 2.45) is 23.7 Å². The van der Waals surface area contributed by atoms with Crippen molar-refractivity contribution in [3.63, 3.8) is 0 Å². The van der Waals surface area contributed by atoms with Crippen molar-refractivity contribution in [2.45, 2.75) is 0 Å². The van der Waals surface area contributed by atoms with Crippen molar-refractivity contribution in [3.05, 3.63) is 119 Å². The third-order valence-corrected chi connectivity index (χ3v) is 7.18. The third-order valence-electron chi connectivity index (χ3n) is 7.18. The summed E-state index contributed by atoms with van der Waals surface area (Å²) >= 11 is 0. The zero-order valence-electron chi connectivity index (χ0n) is 18.4. The number of benzene rings is 3. The number of imide groups is 1. The fourth-order valence-electron chi connectivity index (χ4n) is 5.80. The van der Waals surface area contributed by atoms with Crippen LogP contribution < -0.4 is 4.90 Å². The first-order valence-corrected chi connectivity index (χ1v) is 11.2. The van der Waals surface area contributed by atoms with E-state index >= 15 is 0 Å². The highest BCUT2D eigenvalue weighted by Crippen LogP contribution is 2.59. The monoisotopic (exact) mass is 493 g/mol. The van der Waals surface area contributed by atoms with Crippen LogP contribution in [0.3, 0.4) is 0 Å². The summed E-state index contributed by atoms with van der Waals surface area (Å²) in [4.78, 5) is 27.3. The van der Waals surface area contributed by atoms with Gasteiger partial charge in [0.15, 0.2) is 11.6 Å². The van der Waals surface area contributed by atoms with Crippen LogP contribution in [-0.2, 0) is 9.59 Å². The molecule has 1 aliphatic heterocycles. The second-order valence-electron chi connectivity index (χ2n) is 9.06. The van der Waals surface area contributed by atoms with Crippen molar-refractivity contribution >= 4 is 23.1 Å². The van der Waals surface area contributed by atoms with Gasteiger partial charge in [-0.25, -0.2) is 26.9 Å². The van der Waals surface area contributed by atoms with Gasteiger partial charge in [-0.1, -0.05) is 36.4 Å². The molecule has 1 saturated heterocycles. The molecule has 3 aromatic rings. The number of hydrogen-bond acceptors (Lipinski definition) is 2. The molecule has 2 amide bonds. The van der Waals surface area contributed by atoms with E-state index in [-0.39, 0.29) is 0 Å². The lowest BCUT2D eigenvalue weighted by Gasteiger charge is -2.22. The highest BCUT2D eigenvalue weighted by Gasteiger charge is 2.63. The Morgan fingerprint density at radius 2 is 1.03 bits per heavy atom. The number of hydrogen-bond donors (Lipinski definition) is 0. The third kappa shape index (κ3) is 3.17. The van der Waals surface area contributed by atoms with Gasteiger partial charge < -0.3 is 0 Å². The molecule has 0 unspecified atom stereocenters. The molecule has 3 aromatic carbocycles. The summed E-state index contributed by atoms with van der Waals surface area (Å²) in [6.45, 7) is 0. The predicted molar refractivity (Wildman–Crippen MR) is 121 cm³/mol. The van der Waals surface area contributed by atoms with Crippen LogP contribution in [-0.4, -0.2) is 11.8 Å². The van der Waals surface area contributed by atoms with Crippen LogP contribution in [0.5, 0.6) is 0 Å². The number of amides is 2. The number of allylic oxidation sites excluding steroid dienone is 3. The van der Waals surface area contributed by atoms with E-state index in [0.717, 1.165) is 5.57 Å². The molecule has 2 bridgehead atoms. The van der Waals surface area contributed by atoms with Crippen LogP contribution in [0.2, 0.25) is 0 Å². The van der Waals surface area contributed by atoms with Gasteiger partial charge in [0, 0.05) is 24.0 Å². The minimum atomic E-state index is -1.34. The van der Waals surface area contributed by atoms with Gasteiger partial charge in [0.05, 0.1) is 11.8 Å². The molecule has 8 heteroatoms. The number of carbonyl (C=O) groups excluding carboxylic acids is 2. The molecule has 0 spiro atoms. The van der Waals surface area contributed by atoms with Crippen LogP contribution in [0.15, 0.2) is 78.4 Å². The second kappa shape index (κ2) is 7.98. The molecule has 0 aromatic heterocycles. The highest BCUT2D eigenvalue weighted by atomic mass is 19.2. The van der Waals surface area contributed by atoms with E-state index in [1.54, 1.807) is 36.4 Å². The lowest BCUT2D eigenvalue weighted by atomic mass is 9.85. The number of fused-ring (bicyclic) bond motifs is 5. The van der Waals surface area contributed by atoms with Crippen molar-refractivity contribution in [3.8, 4) is 0 Å². The Hall–Kier alpha value is -4.07.